The molecule has 1 aromatic rings. The summed E-state index contributed by atoms with van der Waals surface area (Å²) in [6.07, 6.45) is 4.81. The van der Waals surface area contributed by atoms with Crippen molar-refractivity contribution in [1.82, 2.24) is 9.29 Å². The summed E-state index contributed by atoms with van der Waals surface area (Å²) in [5, 5.41) is 0. The van der Waals surface area contributed by atoms with Crippen molar-refractivity contribution in [3.8, 4) is 0 Å². The first kappa shape index (κ1) is 16.9. The van der Waals surface area contributed by atoms with Crippen LogP contribution in [-0.2, 0) is 19.3 Å². The van der Waals surface area contributed by atoms with Gasteiger partial charge < -0.3 is 9.31 Å². The summed E-state index contributed by atoms with van der Waals surface area (Å²) in [6, 6.07) is 1.61. The third-order valence-corrected chi connectivity index (χ3v) is 6.83. The van der Waals surface area contributed by atoms with Gasteiger partial charge >= 0.3 is 7.12 Å². The van der Waals surface area contributed by atoms with Gasteiger partial charge in [0.25, 0.3) is 0 Å². The van der Waals surface area contributed by atoms with E-state index < -0.39 is 28.3 Å². The summed E-state index contributed by atoms with van der Waals surface area (Å²) in [5.41, 5.74) is -0.313. The number of hydrogen-bond donors (Lipinski definition) is 0. The first-order valence-electron chi connectivity index (χ1n) is 7.94. The summed E-state index contributed by atoms with van der Waals surface area (Å²) in [5.74, 6) is 0. The Balaban J connectivity index is 1.90. The molecule has 2 aliphatic rings. The van der Waals surface area contributed by atoms with Gasteiger partial charge in [0.1, 0.15) is 4.90 Å². The lowest BCUT2D eigenvalue weighted by atomic mass is 9.80. The van der Waals surface area contributed by atoms with Crippen molar-refractivity contribution < 1.29 is 17.7 Å². The van der Waals surface area contributed by atoms with Gasteiger partial charge in [-0.25, -0.2) is 8.42 Å². The number of aromatic nitrogens is 1. The van der Waals surface area contributed by atoms with E-state index >= 15 is 0 Å². The van der Waals surface area contributed by atoms with Crippen molar-refractivity contribution in [3.05, 3.63) is 18.5 Å². The maximum atomic E-state index is 12.7. The molecule has 3 heterocycles. The summed E-state index contributed by atoms with van der Waals surface area (Å²) in [4.78, 5) is 4.30. The standard InChI is InChI=1S/C15H23BN2O4S/c1-14(2)15(3,4)22-16(21-14)12-9-13(11-17-10-12)23(19,20)18-7-5-6-8-18/h9-11H,5-8H2,1-4H3. The van der Waals surface area contributed by atoms with Gasteiger partial charge in [0, 0.05) is 30.9 Å². The highest BCUT2D eigenvalue weighted by molar-refractivity contribution is 7.89. The zero-order valence-corrected chi connectivity index (χ0v) is 14.9. The lowest BCUT2D eigenvalue weighted by molar-refractivity contribution is 0.00578. The molecule has 0 atom stereocenters. The fourth-order valence-electron chi connectivity index (χ4n) is 2.76. The average Bonchev–Trinajstić information content (AvgIpc) is 3.07. The molecule has 0 aliphatic carbocycles. The summed E-state index contributed by atoms with van der Waals surface area (Å²) in [7, 11) is -4.10. The van der Waals surface area contributed by atoms with E-state index in [1.807, 2.05) is 27.7 Å². The van der Waals surface area contributed by atoms with Gasteiger partial charge in [-0.3, -0.25) is 4.98 Å². The van der Waals surface area contributed by atoms with E-state index in [1.165, 1.54) is 10.5 Å². The Morgan fingerprint density at radius 1 is 1.09 bits per heavy atom. The molecule has 2 fully saturated rings. The molecular formula is C15H23BN2O4S. The van der Waals surface area contributed by atoms with Crippen LogP contribution in [0.2, 0.25) is 0 Å². The largest absolute Gasteiger partial charge is 0.496 e. The van der Waals surface area contributed by atoms with Crippen LogP contribution >= 0.6 is 0 Å². The molecule has 2 aliphatic heterocycles. The molecule has 6 nitrogen and oxygen atoms in total. The topological polar surface area (TPSA) is 68.7 Å². The predicted molar refractivity (Wildman–Crippen MR) is 87.9 cm³/mol. The van der Waals surface area contributed by atoms with Crippen LogP contribution in [0.25, 0.3) is 0 Å². The molecule has 0 aromatic carbocycles. The molecule has 0 spiro atoms. The number of rotatable bonds is 3. The van der Waals surface area contributed by atoms with Crippen molar-refractivity contribution in [1.29, 1.82) is 0 Å². The number of hydrogen-bond acceptors (Lipinski definition) is 5. The van der Waals surface area contributed by atoms with E-state index in [0.717, 1.165) is 12.8 Å². The molecule has 0 amide bonds. The molecule has 126 valence electrons. The van der Waals surface area contributed by atoms with Crippen molar-refractivity contribution in [2.45, 2.75) is 56.6 Å². The normalized spacial score (nSPS) is 24.3. The highest BCUT2D eigenvalue weighted by atomic mass is 32.2. The minimum absolute atomic E-state index is 0.201. The number of sulfonamides is 1. The van der Waals surface area contributed by atoms with Crippen molar-refractivity contribution >= 4 is 22.6 Å². The Bertz CT molecular complexity index is 683. The molecule has 23 heavy (non-hydrogen) atoms. The van der Waals surface area contributed by atoms with Gasteiger partial charge in [-0.1, -0.05) is 0 Å². The molecule has 0 radical (unpaired) electrons. The van der Waals surface area contributed by atoms with Gasteiger partial charge in [-0.05, 0) is 46.6 Å². The van der Waals surface area contributed by atoms with E-state index in [2.05, 4.69) is 4.98 Å². The van der Waals surface area contributed by atoms with E-state index in [4.69, 9.17) is 9.31 Å². The van der Waals surface area contributed by atoms with Gasteiger partial charge in [0.15, 0.2) is 0 Å². The van der Waals surface area contributed by atoms with E-state index in [0.29, 0.717) is 18.6 Å². The Morgan fingerprint density at radius 2 is 1.65 bits per heavy atom. The zero-order chi connectivity index (χ0) is 16.9. The van der Waals surface area contributed by atoms with E-state index in [9.17, 15) is 8.42 Å². The van der Waals surface area contributed by atoms with Gasteiger partial charge in [-0.15, -0.1) is 0 Å². The molecule has 3 rings (SSSR count). The maximum Gasteiger partial charge on any atom is 0.496 e. The minimum atomic E-state index is -3.49. The summed E-state index contributed by atoms with van der Waals surface area (Å²) < 4.78 is 38.8. The second kappa shape index (κ2) is 5.55. The SMILES string of the molecule is CC1(C)OB(c2cncc(S(=O)(=O)N3CCCC3)c2)OC1(C)C. The molecule has 0 saturated carbocycles. The molecule has 0 bridgehead atoms. The first-order valence-corrected chi connectivity index (χ1v) is 9.38. The fraction of sp³-hybridized carbons (Fsp3) is 0.667. The smallest absolute Gasteiger partial charge is 0.399 e. The Morgan fingerprint density at radius 3 is 2.22 bits per heavy atom. The van der Waals surface area contributed by atoms with Gasteiger partial charge in [-0.2, -0.15) is 4.31 Å². The summed E-state index contributed by atoms with van der Waals surface area (Å²) >= 11 is 0. The van der Waals surface area contributed by atoms with Crippen LogP contribution in [0, 0.1) is 0 Å². The summed E-state index contributed by atoms with van der Waals surface area (Å²) in [6.45, 7) is 9.00. The number of nitrogens with zero attached hydrogens (tertiary/aromatic N) is 2. The first-order chi connectivity index (χ1) is 10.6. The predicted octanol–water partition coefficient (Wildman–Crippen LogP) is 1.17. The van der Waals surface area contributed by atoms with Gasteiger partial charge in [0.05, 0.1) is 11.2 Å². The van der Waals surface area contributed by atoms with Crippen LogP contribution in [0.1, 0.15) is 40.5 Å². The Hall–Kier alpha value is -0.955. The van der Waals surface area contributed by atoms with E-state index in [-0.39, 0.29) is 4.90 Å². The maximum absolute atomic E-state index is 12.7. The third-order valence-electron chi connectivity index (χ3n) is 4.96. The molecule has 1 aromatic heterocycles. The van der Waals surface area contributed by atoms with Crippen LogP contribution in [0.15, 0.2) is 23.4 Å². The lowest BCUT2D eigenvalue weighted by Crippen LogP contribution is -2.41. The molecule has 8 heteroatoms. The van der Waals surface area contributed by atoms with Gasteiger partial charge in [0.2, 0.25) is 10.0 Å². The quantitative estimate of drug-likeness (QED) is 0.774. The fourth-order valence-corrected chi connectivity index (χ4v) is 4.28. The lowest BCUT2D eigenvalue weighted by Gasteiger charge is -2.32. The second-order valence-electron chi connectivity index (χ2n) is 7.15. The molecule has 0 N–H and O–H groups in total. The van der Waals surface area contributed by atoms with Crippen molar-refractivity contribution in [3.63, 3.8) is 0 Å². The van der Waals surface area contributed by atoms with Crippen LogP contribution in [0.3, 0.4) is 0 Å². The third kappa shape index (κ3) is 2.93. The van der Waals surface area contributed by atoms with Crippen LogP contribution in [0.5, 0.6) is 0 Å². The highest BCUT2D eigenvalue weighted by Crippen LogP contribution is 2.36. The number of pyridine rings is 1. The molecule has 0 unspecified atom stereocenters. The monoisotopic (exact) mass is 338 g/mol. The Kier molecular flexibility index (Phi) is 4.07. The second-order valence-corrected chi connectivity index (χ2v) is 9.09. The zero-order valence-electron chi connectivity index (χ0n) is 14.1. The minimum Gasteiger partial charge on any atom is -0.399 e. The van der Waals surface area contributed by atoms with E-state index in [1.54, 1.807) is 12.3 Å². The average molecular weight is 338 g/mol. The van der Waals surface area contributed by atoms with Crippen molar-refractivity contribution in [2.24, 2.45) is 0 Å². The van der Waals surface area contributed by atoms with Crippen LogP contribution in [0.4, 0.5) is 0 Å². The Labute approximate surface area is 138 Å². The van der Waals surface area contributed by atoms with Crippen LogP contribution < -0.4 is 5.46 Å². The molecular weight excluding hydrogens is 315 g/mol. The van der Waals surface area contributed by atoms with Crippen molar-refractivity contribution in [2.75, 3.05) is 13.1 Å². The molecule has 2 saturated heterocycles. The van der Waals surface area contributed by atoms with Crippen LogP contribution in [-0.4, -0.2) is 49.1 Å². The highest BCUT2D eigenvalue weighted by Gasteiger charge is 2.52.